The van der Waals surface area contributed by atoms with Gasteiger partial charge in [-0.25, -0.2) is 0 Å². The molecule has 19 heavy (non-hydrogen) atoms. The Hall–Kier alpha value is -0.610. The van der Waals surface area contributed by atoms with Crippen molar-refractivity contribution in [1.82, 2.24) is 10.2 Å². The van der Waals surface area contributed by atoms with Crippen LogP contribution in [0.3, 0.4) is 0 Å². The molecule has 0 aromatic carbocycles. The molecule has 2 N–H and O–H groups in total. The van der Waals surface area contributed by atoms with Gasteiger partial charge in [0.1, 0.15) is 0 Å². The largest absolute Gasteiger partial charge is 0.392 e. The predicted molar refractivity (Wildman–Crippen MR) is 73.7 cm³/mol. The van der Waals surface area contributed by atoms with Crippen molar-refractivity contribution >= 4 is 5.91 Å². The van der Waals surface area contributed by atoms with E-state index in [0.29, 0.717) is 24.9 Å². The summed E-state index contributed by atoms with van der Waals surface area (Å²) >= 11 is 0. The van der Waals surface area contributed by atoms with E-state index in [1.807, 2.05) is 0 Å². The second-order valence-electron chi connectivity index (χ2n) is 6.66. The molecule has 3 aliphatic rings. The van der Waals surface area contributed by atoms with Crippen molar-refractivity contribution < 1.29 is 9.90 Å². The molecule has 3 fully saturated rings. The minimum atomic E-state index is -0.347. The van der Waals surface area contributed by atoms with Crippen molar-refractivity contribution in [3.8, 4) is 0 Å². The number of hydrogen-bond donors (Lipinski definition) is 2. The third-order valence-corrected chi connectivity index (χ3v) is 5.43. The zero-order valence-corrected chi connectivity index (χ0v) is 11.8. The predicted octanol–water partition coefficient (Wildman–Crippen LogP) is 1.14. The van der Waals surface area contributed by atoms with Crippen LogP contribution in [0.1, 0.15) is 45.4 Å². The number of carbonyl (C=O) groups excluding carboxylic acids is 1. The molecular formula is C15H26N2O2. The summed E-state index contributed by atoms with van der Waals surface area (Å²) in [6, 6.07) is 0.315. The maximum absolute atomic E-state index is 12.7. The molecule has 0 aromatic rings. The van der Waals surface area contributed by atoms with Gasteiger partial charge in [-0.3, -0.25) is 4.79 Å². The number of carbonyl (C=O) groups is 1. The van der Waals surface area contributed by atoms with Crippen LogP contribution < -0.4 is 5.32 Å². The van der Waals surface area contributed by atoms with Crippen molar-refractivity contribution in [3.63, 3.8) is 0 Å². The molecule has 1 saturated carbocycles. The van der Waals surface area contributed by atoms with Gasteiger partial charge in [0.05, 0.1) is 12.1 Å². The zero-order chi connectivity index (χ0) is 13.4. The number of amides is 1. The summed E-state index contributed by atoms with van der Waals surface area (Å²) in [7, 11) is 0. The fourth-order valence-corrected chi connectivity index (χ4v) is 4.29. The van der Waals surface area contributed by atoms with Gasteiger partial charge in [-0.2, -0.15) is 0 Å². The van der Waals surface area contributed by atoms with Crippen molar-refractivity contribution in [2.75, 3.05) is 13.1 Å². The first-order valence-corrected chi connectivity index (χ1v) is 7.88. The first-order valence-electron chi connectivity index (χ1n) is 7.88. The molecule has 2 saturated heterocycles. The number of rotatable bonds is 1. The summed E-state index contributed by atoms with van der Waals surface area (Å²) in [4.78, 5) is 14.8. The van der Waals surface area contributed by atoms with Crippen LogP contribution in [-0.2, 0) is 4.79 Å². The van der Waals surface area contributed by atoms with E-state index < -0.39 is 0 Å². The van der Waals surface area contributed by atoms with E-state index in [4.69, 9.17) is 0 Å². The Labute approximate surface area is 115 Å². The number of hydrogen-bond acceptors (Lipinski definition) is 3. The number of likely N-dealkylation sites (tertiary alicyclic amines) is 1. The Morgan fingerprint density at radius 1 is 1.26 bits per heavy atom. The first kappa shape index (κ1) is 13.4. The molecule has 0 radical (unpaired) electrons. The van der Waals surface area contributed by atoms with Crippen LogP contribution in [0.2, 0.25) is 0 Å². The summed E-state index contributed by atoms with van der Waals surface area (Å²) < 4.78 is 0. The minimum absolute atomic E-state index is 0.147. The Balaban J connectivity index is 1.70. The highest BCUT2D eigenvalue weighted by Gasteiger charge is 2.42. The second-order valence-corrected chi connectivity index (χ2v) is 6.66. The maximum atomic E-state index is 12.7. The van der Waals surface area contributed by atoms with Crippen molar-refractivity contribution in [2.45, 2.75) is 63.6 Å². The molecule has 2 heterocycles. The number of fused-ring (bicyclic) bond motifs is 1. The van der Waals surface area contributed by atoms with Crippen LogP contribution in [-0.4, -0.2) is 47.2 Å². The number of β-amino-alcohol motifs (C(OH)–C–C–N with tert-alkyl or cyclic N) is 1. The van der Waals surface area contributed by atoms with E-state index in [-0.39, 0.29) is 18.1 Å². The summed E-state index contributed by atoms with van der Waals surface area (Å²) in [6.45, 7) is 3.83. The van der Waals surface area contributed by atoms with Gasteiger partial charge in [-0.15, -0.1) is 0 Å². The van der Waals surface area contributed by atoms with Crippen LogP contribution in [0.25, 0.3) is 0 Å². The summed E-state index contributed by atoms with van der Waals surface area (Å²) in [5.74, 6) is 1.70. The molecular weight excluding hydrogens is 240 g/mol. The van der Waals surface area contributed by atoms with Gasteiger partial charge < -0.3 is 15.3 Å². The van der Waals surface area contributed by atoms with Gasteiger partial charge in [0, 0.05) is 19.1 Å². The molecule has 5 atom stereocenters. The van der Waals surface area contributed by atoms with Crippen LogP contribution in [0.15, 0.2) is 0 Å². The van der Waals surface area contributed by atoms with E-state index in [9.17, 15) is 9.90 Å². The van der Waals surface area contributed by atoms with Crippen molar-refractivity contribution in [2.24, 2.45) is 11.8 Å². The van der Waals surface area contributed by atoms with E-state index >= 15 is 0 Å². The van der Waals surface area contributed by atoms with E-state index in [1.165, 1.54) is 25.7 Å². The lowest BCUT2D eigenvalue weighted by molar-refractivity contribution is -0.141. The van der Waals surface area contributed by atoms with Gasteiger partial charge in [0.15, 0.2) is 0 Å². The molecule has 1 amide bonds. The Kier molecular flexibility index (Phi) is 3.81. The topological polar surface area (TPSA) is 52.6 Å². The SMILES string of the molecule is CC1CCN(C(=O)C2CC(O)CN2)C2CCCCC12. The third kappa shape index (κ3) is 2.52. The molecule has 1 aliphatic carbocycles. The zero-order valence-electron chi connectivity index (χ0n) is 11.8. The maximum Gasteiger partial charge on any atom is 0.240 e. The van der Waals surface area contributed by atoms with Crippen molar-refractivity contribution in [3.05, 3.63) is 0 Å². The number of nitrogens with zero attached hydrogens (tertiary/aromatic N) is 1. The smallest absolute Gasteiger partial charge is 0.240 e. The monoisotopic (exact) mass is 266 g/mol. The molecule has 0 aromatic heterocycles. The van der Waals surface area contributed by atoms with Crippen LogP contribution in [0, 0.1) is 11.8 Å². The first-order chi connectivity index (χ1) is 9.16. The highest BCUT2D eigenvalue weighted by molar-refractivity contribution is 5.82. The number of nitrogens with one attached hydrogen (secondary N) is 1. The van der Waals surface area contributed by atoms with Gasteiger partial charge in [0.2, 0.25) is 5.91 Å². The van der Waals surface area contributed by atoms with Gasteiger partial charge in [-0.1, -0.05) is 19.8 Å². The highest BCUT2D eigenvalue weighted by Crippen LogP contribution is 2.39. The van der Waals surface area contributed by atoms with Gasteiger partial charge in [-0.05, 0) is 37.5 Å². The van der Waals surface area contributed by atoms with E-state index in [1.54, 1.807) is 0 Å². The van der Waals surface area contributed by atoms with Crippen LogP contribution in [0.4, 0.5) is 0 Å². The van der Waals surface area contributed by atoms with Gasteiger partial charge >= 0.3 is 0 Å². The molecule has 0 bridgehead atoms. The number of aliphatic hydroxyl groups is 1. The Morgan fingerprint density at radius 2 is 2.05 bits per heavy atom. The minimum Gasteiger partial charge on any atom is -0.392 e. The number of piperidine rings is 1. The van der Waals surface area contributed by atoms with Crippen molar-refractivity contribution in [1.29, 1.82) is 0 Å². The number of aliphatic hydroxyl groups excluding tert-OH is 1. The lowest BCUT2D eigenvalue weighted by Gasteiger charge is -2.48. The second kappa shape index (κ2) is 5.41. The third-order valence-electron chi connectivity index (χ3n) is 5.43. The average molecular weight is 266 g/mol. The Bertz CT molecular complexity index is 347. The molecule has 4 heteroatoms. The molecule has 108 valence electrons. The normalized spacial score (nSPS) is 43.1. The van der Waals surface area contributed by atoms with E-state index in [2.05, 4.69) is 17.1 Å². The molecule has 0 spiro atoms. The summed E-state index contributed by atoms with van der Waals surface area (Å²) in [5.41, 5.74) is 0. The fourth-order valence-electron chi connectivity index (χ4n) is 4.29. The molecule has 4 nitrogen and oxygen atoms in total. The standard InChI is InChI=1S/C15H26N2O2/c1-10-6-7-17(14-5-3-2-4-12(10)14)15(19)13-8-11(18)9-16-13/h10-14,16,18H,2-9H2,1H3. The average Bonchev–Trinajstić information content (AvgIpc) is 2.86. The lowest BCUT2D eigenvalue weighted by atomic mass is 9.72. The lowest BCUT2D eigenvalue weighted by Crippen LogP contribution is -2.56. The summed E-state index contributed by atoms with van der Waals surface area (Å²) in [6.07, 6.45) is 6.43. The van der Waals surface area contributed by atoms with E-state index in [0.717, 1.165) is 18.9 Å². The van der Waals surface area contributed by atoms with Crippen LogP contribution >= 0.6 is 0 Å². The molecule has 2 aliphatic heterocycles. The molecule has 3 rings (SSSR count). The quantitative estimate of drug-likeness (QED) is 0.748. The van der Waals surface area contributed by atoms with Crippen LogP contribution in [0.5, 0.6) is 0 Å². The molecule has 5 unspecified atom stereocenters. The highest BCUT2D eigenvalue weighted by atomic mass is 16.3. The fraction of sp³-hybridized carbons (Fsp3) is 0.933. The summed E-state index contributed by atoms with van der Waals surface area (Å²) in [5, 5.41) is 12.8. The van der Waals surface area contributed by atoms with Gasteiger partial charge in [0.25, 0.3) is 0 Å². The Morgan fingerprint density at radius 3 is 2.79 bits per heavy atom.